The molecule has 3 aromatic carbocycles. The van der Waals surface area contributed by atoms with E-state index >= 15 is 0 Å². The SMILES string of the molecule is O=C(/C=C/c1ccccc1P(=S)(c1ccccc1)c1ccccc1)CC1CCCO1. The summed E-state index contributed by atoms with van der Waals surface area (Å²) in [5.41, 5.74) is 1.01. The average molecular weight is 433 g/mol. The van der Waals surface area contributed by atoms with E-state index in [2.05, 4.69) is 36.4 Å². The fourth-order valence-corrected chi connectivity index (χ4v) is 7.98. The van der Waals surface area contributed by atoms with Gasteiger partial charge in [-0.15, -0.1) is 0 Å². The van der Waals surface area contributed by atoms with Gasteiger partial charge in [0, 0.05) is 24.4 Å². The molecule has 1 saturated heterocycles. The van der Waals surface area contributed by atoms with Crippen LogP contribution >= 0.6 is 6.04 Å². The summed E-state index contributed by atoms with van der Waals surface area (Å²) in [6, 6.07) is 26.7. The minimum absolute atomic E-state index is 0.0663. The van der Waals surface area contributed by atoms with Gasteiger partial charge in [0.1, 0.15) is 0 Å². The van der Waals surface area contributed by atoms with Gasteiger partial charge in [-0.1, -0.05) is 103 Å². The monoisotopic (exact) mass is 432 g/mol. The van der Waals surface area contributed by atoms with Crippen molar-refractivity contribution in [3.05, 3.63) is 96.6 Å². The van der Waals surface area contributed by atoms with E-state index in [9.17, 15) is 4.79 Å². The highest BCUT2D eigenvalue weighted by Crippen LogP contribution is 2.43. The molecule has 1 heterocycles. The molecule has 1 unspecified atom stereocenters. The molecule has 0 saturated carbocycles. The average Bonchev–Trinajstić information content (AvgIpc) is 3.31. The van der Waals surface area contributed by atoms with E-state index in [1.165, 1.54) is 0 Å². The number of ether oxygens (including phenoxy) is 1. The van der Waals surface area contributed by atoms with Crippen molar-refractivity contribution in [1.29, 1.82) is 0 Å². The largest absolute Gasteiger partial charge is 0.378 e. The van der Waals surface area contributed by atoms with Crippen molar-refractivity contribution in [2.24, 2.45) is 0 Å². The van der Waals surface area contributed by atoms with Gasteiger partial charge in [0.2, 0.25) is 0 Å². The second-order valence-electron chi connectivity index (χ2n) is 7.48. The Bertz CT molecular complexity index is 1030. The van der Waals surface area contributed by atoms with E-state index < -0.39 is 6.04 Å². The van der Waals surface area contributed by atoms with Crippen LogP contribution in [-0.2, 0) is 21.3 Å². The number of rotatable bonds is 7. The minimum Gasteiger partial charge on any atom is -0.378 e. The third kappa shape index (κ3) is 4.54. The molecule has 0 aliphatic carbocycles. The quantitative estimate of drug-likeness (QED) is 0.403. The summed E-state index contributed by atoms with van der Waals surface area (Å²) in [6.07, 6.45) is 6.15. The Morgan fingerprint density at radius 2 is 1.53 bits per heavy atom. The molecule has 0 aromatic heterocycles. The van der Waals surface area contributed by atoms with Crippen molar-refractivity contribution in [2.45, 2.75) is 25.4 Å². The fraction of sp³-hybridized carbons (Fsp3) is 0.192. The van der Waals surface area contributed by atoms with Crippen LogP contribution in [-0.4, -0.2) is 18.5 Å². The maximum absolute atomic E-state index is 12.5. The maximum atomic E-state index is 12.5. The number of ketones is 1. The summed E-state index contributed by atoms with van der Waals surface area (Å²) in [7, 11) is 0. The topological polar surface area (TPSA) is 26.3 Å². The number of benzene rings is 3. The fourth-order valence-electron chi connectivity index (χ4n) is 3.90. The summed E-state index contributed by atoms with van der Waals surface area (Å²) in [5, 5.41) is 3.41. The van der Waals surface area contributed by atoms with Crippen molar-refractivity contribution in [1.82, 2.24) is 0 Å². The third-order valence-corrected chi connectivity index (χ3v) is 10.4. The van der Waals surface area contributed by atoms with Gasteiger partial charge < -0.3 is 4.74 Å². The van der Waals surface area contributed by atoms with E-state index in [0.717, 1.165) is 40.9 Å². The summed E-state index contributed by atoms with van der Waals surface area (Å²) >= 11 is 6.46. The lowest BCUT2D eigenvalue weighted by atomic mass is 10.1. The molecule has 1 fully saturated rings. The molecule has 1 atom stereocenters. The van der Waals surface area contributed by atoms with Gasteiger partial charge in [0.25, 0.3) is 0 Å². The molecule has 0 spiro atoms. The number of hydrogen-bond donors (Lipinski definition) is 0. The molecule has 0 bridgehead atoms. The Hall–Kier alpha value is -2.32. The minimum atomic E-state index is -2.26. The van der Waals surface area contributed by atoms with Crippen LogP contribution in [0.2, 0.25) is 0 Å². The summed E-state index contributed by atoms with van der Waals surface area (Å²) in [4.78, 5) is 12.5. The van der Waals surface area contributed by atoms with Crippen molar-refractivity contribution in [3.8, 4) is 0 Å². The van der Waals surface area contributed by atoms with Crippen LogP contribution in [0.3, 0.4) is 0 Å². The van der Waals surface area contributed by atoms with Gasteiger partial charge >= 0.3 is 0 Å². The summed E-state index contributed by atoms with van der Waals surface area (Å²) < 4.78 is 5.60. The standard InChI is InChI=1S/C26H25O2PS/c27-22(20-23-11-9-19-28-23)18-17-21-10-7-8-16-26(21)29(30,24-12-3-1-4-13-24)25-14-5-2-6-15-25/h1-8,10,12-18,23H,9,11,19-20H2/b18-17+. The molecule has 1 aliphatic rings. The Kier molecular flexibility index (Phi) is 6.74. The number of carbonyl (C=O) groups is 1. The first kappa shape index (κ1) is 20.9. The van der Waals surface area contributed by atoms with Crippen LogP contribution in [0.15, 0.2) is 91.0 Å². The molecule has 4 heteroatoms. The van der Waals surface area contributed by atoms with Gasteiger partial charge in [-0.2, -0.15) is 0 Å². The van der Waals surface area contributed by atoms with E-state index in [1.54, 1.807) is 6.08 Å². The zero-order valence-electron chi connectivity index (χ0n) is 16.8. The van der Waals surface area contributed by atoms with E-state index in [1.807, 2.05) is 54.6 Å². The van der Waals surface area contributed by atoms with Gasteiger partial charge in [-0.25, -0.2) is 0 Å². The van der Waals surface area contributed by atoms with Crippen molar-refractivity contribution >= 4 is 45.6 Å². The molecule has 0 N–H and O–H groups in total. The lowest BCUT2D eigenvalue weighted by Crippen LogP contribution is -2.26. The highest BCUT2D eigenvalue weighted by atomic mass is 32.4. The predicted molar refractivity (Wildman–Crippen MR) is 130 cm³/mol. The predicted octanol–water partition coefficient (Wildman–Crippen LogP) is 4.59. The van der Waals surface area contributed by atoms with Crippen molar-refractivity contribution in [3.63, 3.8) is 0 Å². The molecule has 3 aromatic rings. The lowest BCUT2D eigenvalue weighted by molar-refractivity contribution is -0.116. The van der Waals surface area contributed by atoms with E-state index in [0.29, 0.717) is 6.42 Å². The summed E-state index contributed by atoms with van der Waals surface area (Å²) in [5.74, 6) is 0.101. The smallest absolute Gasteiger partial charge is 0.158 e. The van der Waals surface area contributed by atoms with Gasteiger partial charge in [-0.3, -0.25) is 4.79 Å². The van der Waals surface area contributed by atoms with Crippen LogP contribution < -0.4 is 15.9 Å². The highest BCUT2D eigenvalue weighted by molar-refractivity contribution is 8.25. The first-order chi connectivity index (χ1) is 14.7. The lowest BCUT2D eigenvalue weighted by Gasteiger charge is -2.25. The van der Waals surface area contributed by atoms with E-state index in [4.69, 9.17) is 16.5 Å². The first-order valence-corrected chi connectivity index (χ1v) is 13.1. The van der Waals surface area contributed by atoms with Crippen LogP contribution in [0.25, 0.3) is 6.08 Å². The van der Waals surface area contributed by atoms with Crippen LogP contribution in [0.5, 0.6) is 0 Å². The second kappa shape index (κ2) is 9.66. The Morgan fingerprint density at radius 3 is 2.13 bits per heavy atom. The van der Waals surface area contributed by atoms with Gasteiger partial charge in [0.15, 0.2) is 5.78 Å². The van der Waals surface area contributed by atoms with Crippen LogP contribution in [0.1, 0.15) is 24.8 Å². The Morgan fingerprint density at radius 1 is 0.933 bits per heavy atom. The van der Waals surface area contributed by atoms with Crippen LogP contribution in [0.4, 0.5) is 0 Å². The maximum Gasteiger partial charge on any atom is 0.158 e. The van der Waals surface area contributed by atoms with E-state index in [-0.39, 0.29) is 11.9 Å². The summed E-state index contributed by atoms with van der Waals surface area (Å²) in [6.45, 7) is 0.765. The molecule has 0 radical (unpaired) electrons. The van der Waals surface area contributed by atoms with Crippen LogP contribution in [0, 0.1) is 0 Å². The number of allylic oxidation sites excluding steroid dienone is 1. The molecule has 2 nitrogen and oxygen atoms in total. The number of carbonyl (C=O) groups excluding carboxylic acids is 1. The molecule has 0 amide bonds. The van der Waals surface area contributed by atoms with Crippen molar-refractivity contribution in [2.75, 3.05) is 6.61 Å². The molecular weight excluding hydrogens is 407 g/mol. The highest BCUT2D eigenvalue weighted by Gasteiger charge is 2.26. The zero-order chi connectivity index (χ0) is 20.8. The van der Waals surface area contributed by atoms with Gasteiger partial charge in [0.05, 0.1) is 6.10 Å². The molecular formula is C26H25O2PS. The molecule has 152 valence electrons. The van der Waals surface area contributed by atoms with Gasteiger partial charge in [-0.05, 0) is 35.1 Å². The molecule has 30 heavy (non-hydrogen) atoms. The third-order valence-electron chi connectivity index (χ3n) is 5.42. The van der Waals surface area contributed by atoms with Crippen molar-refractivity contribution < 1.29 is 9.53 Å². The second-order valence-corrected chi connectivity index (χ2v) is 11.9. The number of hydrogen-bond acceptors (Lipinski definition) is 3. The molecule has 1 aliphatic heterocycles. The normalized spacial score (nSPS) is 16.7. The zero-order valence-corrected chi connectivity index (χ0v) is 18.5. The Labute approximate surface area is 183 Å². The molecule has 4 rings (SSSR count). The first-order valence-electron chi connectivity index (χ1n) is 10.3. The Balaban J connectivity index is 1.73.